The molecule has 4 nitrogen and oxygen atoms in total. The van der Waals surface area contributed by atoms with E-state index in [-0.39, 0.29) is 11.1 Å². The van der Waals surface area contributed by atoms with E-state index in [1.54, 1.807) is 20.8 Å². The van der Waals surface area contributed by atoms with Crippen molar-refractivity contribution < 1.29 is 22.7 Å². The molecule has 0 radical (unpaired) electrons. The molecule has 134 valence electrons. The molecular formula is C17H23F3N2O2. The third-order valence-electron chi connectivity index (χ3n) is 4.03. The molecule has 0 spiro atoms. The van der Waals surface area contributed by atoms with Gasteiger partial charge in [-0.3, -0.25) is 5.32 Å². The highest BCUT2D eigenvalue weighted by Gasteiger charge is 2.42. The number of hydrogen-bond donors (Lipinski definition) is 2. The van der Waals surface area contributed by atoms with Gasteiger partial charge in [-0.1, -0.05) is 6.07 Å². The molecule has 24 heavy (non-hydrogen) atoms. The number of rotatable bonds is 4. The third kappa shape index (κ3) is 4.87. The van der Waals surface area contributed by atoms with Gasteiger partial charge in [0, 0.05) is 5.69 Å². The molecule has 0 unspecified atom stereocenters. The van der Waals surface area contributed by atoms with Gasteiger partial charge in [0.05, 0.1) is 5.56 Å². The van der Waals surface area contributed by atoms with Crippen LogP contribution in [-0.4, -0.2) is 18.2 Å². The Hall–Kier alpha value is -1.76. The van der Waals surface area contributed by atoms with Crippen molar-refractivity contribution in [2.75, 3.05) is 11.9 Å². The van der Waals surface area contributed by atoms with Gasteiger partial charge in [-0.05, 0) is 69.7 Å². The molecule has 0 atom stereocenters. The highest BCUT2D eigenvalue weighted by molar-refractivity contribution is 5.86. The quantitative estimate of drug-likeness (QED) is 0.854. The molecule has 1 aliphatic carbocycles. The minimum atomic E-state index is -4.48. The molecule has 1 aromatic carbocycles. The van der Waals surface area contributed by atoms with Gasteiger partial charge >= 0.3 is 12.3 Å². The van der Waals surface area contributed by atoms with Crippen molar-refractivity contribution in [3.63, 3.8) is 0 Å². The van der Waals surface area contributed by atoms with Crippen LogP contribution in [0.5, 0.6) is 0 Å². The predicted molar refractivity (Wildman–Crippen MR) is 85.7 cm³/mol. The fourth-order valence-corrected chi connectivity index (χ4v) is 2.47. The van der Waals surface area contributed by atoms with E-state index >= 15 is 0 Å². The normalized spacial score (nSPS) is 16.6. The van der Waals surface area contributed by atoms with Gasteiger partial charge in [0.25, 0.3) is 0 Å². The van der Waals surface area contributed by atoms with Crippen LogP contribution in [0.15, 0.2) is 18.2 Å². The summed E-state index contributed by atoms with van der Waals surface area (Å²) >= 11 is 0. The summed E-state index contributed by atoms with van der Waals surface area (Å²) < 4.78 is 44.0. The van der Waals surface area contributed by atoms with E-state index in [1.807, 2.05) is 0 Å². The van der Waals surface area contributed by atoms with E-state index < -0.39 is 23.4 Å². The van der Waals surface area contributed by atoms with Gasteiger partial charge in [-0.15, -0.1) is 0 Å². The number of hydrogen-bond acceptors (Lipinski definition) is 3. The SMILES string of the molecule is CC(C)(C)OC(=O)Nc1cc(C(F)(F)F)ccc1CC1(CN)CC1. The Morgan fingerprint density at radius 1 is 1.29 bits per heavy atom. The minimum absolute atomic E-state index is 0.0654. The molecule has 0 aromatic heterocycles. The standard InChI is InChI=1S/C17H23F3N2O2/c1-15(2,3)24-14(23)22-13-8-12(17(18,19)20)5-4-11(13)9-16(10-21)6-7-16/h4-5,8H,6-7,9-10,21H2,1-3H3,(H,22,23). The number of carbonyl (C=O) groups is 1. The number of anilines is 1. The molecular weight excluding hydrogens is 321 g/mol. The highest BCUT2D eigenvalue weighted by atomic mass is 19.4. The Kier molecular flexibility index (Phi) is 4.86. The molecule has 1 saturated carbocycles. The summed E-state index contributed by atoms with van der Waals surface area (Å²) in [4.78, 5) is 12.0. The number of ether oxygens (including phenoxy) is 1. The van der Waals surface area contributed by atoms with Gasteiger partial charge in [0.15, 0.2) is 0 Å². The van der Waals surface area contributed by atoms with Crippen molar-refractivity contribution in [3.8, 4) is 0 Å². The molecule has 1 amide bonds. The Morgan fingerprint density at radius 3 is 2.38 bits per heavy atom. The zero-order valence-corrected chi connectivity index (χ0v) is 14.1. The second kappa shape index (κ2) is 6.27. The van der Waals surface area contributed by atoms with Gasteiger partial charge in [-0.25, -0.2) is 4.79 Å². The number of carbonyl (C=O) groups excluding carboxylic acids is 1. The third-order valence-corrected chi connectivity index (χ3v) is 4.03. The number of alkyl halides is 3. The van der Waals surface area contributed by atoms with E-state index in [0.717, 1.165) is 25.0 Å². The highest BCUT2D eigenvalue weighted by Crippen LogP contribution is 2.48. The van der Waals surface area contributed by atoms with Crippen LogP contribution in [0.3, 0.4) is 0 Å². The summed E-state index contributed by atoms with van der Waals surface area (Å²) in [5.41, 5.74) is 4.91. The Morgan fingerprint density at radius 2 is 1.92 bits per heavy atom. The zero-order chi connectivity index (χ0) is 18.2. The van der Waals surface area contributed by atoms with Crippen LogP contribution in [-0.2, 0) is 17.3 Å². The monoisotopic (exact) mass is 344 g/mol. The summed E-state index contributed by atoms with van der Waals surface area (Å²) in [7, 11) is 0. The summed E-state index contributed by atoms with van der Waals surface area (Å²) in [6, 6.07) is 3.39. The minimum Gasteiger partial charge on any atom is -0.444 e. The van der Waals surface area contributed by atoms with Gasteiger partial charge in [0.2, 0.25) is 0 Å². The van der Waals surface area contributed by atoms with Gasteiger partial charge in [0.1, 0.15) is 5.60 Å². The van der Waals surface area contributed by atoms with Crippen LogP contribution >= 0.6 is 0 Å². The maximum absolute atomic E-state index is 13.0. The summed E-state index contributed by atoms with van der Waals surface area (Å²) in [6.07, 6.45) is -2.84. The van der Waals surface area contributed by atoms with Crippen LogP contribution in [0.25, 0.3) is 0 Å². The smallest absolute Gasteiger partial charge is 0.416 e. The molecule has 0 bridgehead atoms. The van der Waals surface area contributed by atoms with Crippen LogP contribution in [0.1, 0.15) is 44.7 Å². The fourth-order valence-electron chi connectivity index (χ4n) is 2.47. The van der Waals surface area contributed by atoms with Gasteiger partial charge < -0.3 is 10.5 Å². The largest absolute Gasteiger partial charge is 0.444 e. The van der Waals surface area contributed by atoms with Crippen molar-refractivity contribution in [2.24, 2.45) is 11.1 Å². The molecule has 0 aliphatic heterocycles. The Bertz CT molecular complexity index is 617. The van der Waals surface area contributed by atoms with Crippen molar-refractivity contribution in [1.29, 1.82) is 0 Å². The first kappa shape index (κ1) is 18.6. The number of nitrogens with two attached hydrogens (primary N) is 1. The molecule has 0 heterocycles. The van der Waals surface area contributed by atoms with Crippen molar-refractivity contribution in [1.82, 2.24) is 0 Å². The number of benzene rings is 1. The average Bonchev–Trinajstić information content (AvgIpc) is 3.17. The zero-order valence-electron chi connectivity index (χ0n) is 14.1. The number of halogens is 3. The summed E-state index contributed by atoms with van der Waals surface area (Å²) in [5, 5.41) is 2.45. The Labute approximate surface area is 139 Å². The van der Waals surface area contributed by atoms with E-state index in [2.05, 4.69) is 5.32 Å². The summed E-state index contributed by atoms with van der Waals surface area (Å²) in [6.45, 7) is 5.54. The van der Waals surface area contributed by atoms with E-state index in [9.17, 15) is 18.0 Å². The van der Waals surface area contributed by atoms with Crippen LogP contribution in [0.4, 0.5) is 23.7 Å². The lowest BCUT2D eigenvalue weighted by molar-refractivity contribution is -0.137. The molecule has 3 N–H and O–H groups in total. The maximum atomic E-state index is 13.0. The van der Waals surface area contributed by atoms with Crippen molar-refractivity contribution in [3.05, 3.63) is 29.3 Å². The van der Waals surface area contributed by atoms with E-state index in [1.165, 1.54) is 6.07 Å². The first-order chi connectivity index (χ1) is 10.9. The van der Waals surface area contributed by atoms with Gasteiger partial charge in [-0.2, -0.15) is 13.2 Å². The maximum Gasteiger partial charge on any atom is 0.416 e. The van der Waals surface area contributed by atoms with Crippen LogP contribution in [0.2, 0.25) is 0 Å². The molecule has 1 aliphatic rings. The second-order valence-electron chi connectivity index (χ2n) is 7.38. The van der Waals surface area contributed by atoms with Crippen LogP contribution in [0, 0.1) is 5.41 Å². The van der Waals surface area contributed by atoms with E-state index in [0.29, 0.717) is 18.5 Å². The van der Waals surface area contributed by atoms with Crippen molar-refractivity contribution in [2.45, 2.75) is 51.8 Å². The van der Waals surface area contributed by atoms with E-state index in [4.69, 9.17) is 10.5 Å². The molecule has 7 heteroatoms. The molecule has 1 aromatic rings. The first-order valence-electron chi connectivity index (χ1n) is 7.84. The lowest BCUT2D eigenvalue weighted by Gasteiger charge is -2.22. The number of amides is 1. The lowest BCUT2D eigenvalue weighted by Crippen LogP contribution is -2.28. The summed E-state index contributed by atoms with van der Waals surface area (Å²) in [5.74, 6) is 0. The molecule has 1 fully saturated rings. The molecule has 2 rings (SSSR count). The molecule has 0 saturated heterocycles. The average molecular weight is 344 g/mol. The fraction of sp³-hybridized carbons (Fsp3) is 0.588. The predicted octanol–water partition coefficient (Wildman–Crippen LogP) is 4.33. The van der Waals surface area contributed by atoms with Crippen molar-refractivity contribution >= 4 is 11.8 Å². The van der Waals surface area contributed by atoms with Crippen LogP contribution < -0.4 is 11.1 Å². The second-order valence-corrected chi connectivity index (χ2v) is 7.38. The first-order valence-corrected chi connectivity index (χ1v) is 7.84. The topological polar surface area (TPSA) is 64.3 Å². The number of nitrogens with one attached hydrogen (secondary N) is 1. The lowest BCUT2D eigenvalue weighted by atomic mass is 9.94. The Balaban J connectivity index is 2.28.